The number of para-hydroxylation sites is 1. The molecule has 0 aliphatic carbocycles. The van der Waals surface area contributed by atoms with E-state index in [-0.39, 0.29) is 49.7 Å². The number of likely N-dealkylation sites (tertiary alicyclic amines) is 2. The average molecular weight is 630 g/mol. The van der Waals surface area contributed by atoms with Crippen molar-refractivity contribution >= 4 is 40.2 Å². The van der Waals surface area contributed by atoms with E-state index >= 15 is 0 Å². The molecule has 5 atom stereocenters. The van der Waals surface area contributed by atoms with E-state index in [1.54, 1.807) is 11.1 Å². The van der Waals surface area contributed by atoms with Crippen molar-refractivity contribution in [3.63, 3.8) is 0 Å². The summed E-state index contributed by atoms with van der Waals surface area (Å²) in [6.07, 6.45) is 1.73. The number of pyridine rings is 1. The van der Waals surface area contributed by atoms with Crippen LogP contribution in [-0.2, 0) is 25.6 Å². The number of hydrogen-bond acceptors (Lipinski definition) is 8. The molecule has 2 aliphatic rings. The third kappa shape index (κ3) is 8.25. The molecular weight excluding hydrogens is 586 g/mol. The fourth-order valence-corrected chi connectivity index (χ4v) is 6.32. The van der Waals surface area contributed by atoms with Crippen LogP contribution in [0.25, 0.3) is 10.9 Å². The smallest absolute Gasteiger partial charge is 0.249 e. The van der Waals surface area contributed by atoms with Crippen LogP contribution < -0.4 is 16.0 Å². The summed E-state index contributed by atoms with van der Waals surface area (Å²) < 4.78 is 0. The first-order valence-corrected chi connectivity index (χ1v) is 15.7. The van der Waals surface area contributed by atoms with Gasteiger partial charge >= 0.3 is 0 Å². The number of benzene rings is 2. The van der Waals surface area contributed by atoms with Gasteiger partial charge in [0.15, 0.2) is 0 Å². The summed E-state index contributed by atoms with van der Waals surface area (Å²) in [6, 6.07) is 16.9. The van der Waals surface area contributed by atoms with Crippen molar-refractivity contribution in [2.24, 2.45) is 0 Å². The molecule has 2 saturated heterocycles. The van der Waals surface area contributed by atoms with Crippen molar-refractivity contribution in [1.29, 1.82) is 0 Å². The lowest BCUT2D eigenvalue weighted by Gasteiger charge is -2.29. The third-order valence-corrected chi connectivity index (χ3v) is 8.60. The maximum absolute atomic E-state index is 14.0. The Morgan fingerprint density at radius 3 is 2.41 bits per heavy atom. The van der Waals surface area contributed by atoms with E-state index in [1.165, 1.54) is 4.90 Å². The van der Waals surface area contributed by atoms with E-state index < -0.39 is 30.1 Å². The van der Waals surface area contributed by atoms with Gasteiger partial charge in [-0.3, -0.25) is 29.1 Å². The molecule has 1 aromatic heterocycles. The summed E-state index contributed by atoms with van der Waals surface area (Å²) in [5.41, 5.74) is 2.31. The Morgan fingerprint density at radius 1 is 0.957 bits per heavy atom. The molecule has 46 heavy (non-hydrogen) atoms. The number of carbonyl (C=O) groups excluding carboxylic acids is 4. The number of fused-ring (bicyclic) bond motifs is 1. The molecule has 0 radical (unpaired) electrons. The Kier molecular flexibility index (Phi) is 10.6. The molecule has 0 bridgehead atoms. The van der Waals surface area contributed by atoms with Crippen LogP contribution in [0, 0.1) is 0 Å². The molecule has 4 N–H and O–H groups in total. The molecule has 2 aliphatic heterocycles. The predicted molar refractivity (Wildman–Crippen MR) is 175 cm³/mol. The van der Waals surface area contributed by atoms with Crippen LogP contribution in [0.3, 0.4) is 0 Å². The lowest BCUT2D eigenvalue weighted by molar-refractivity contribution is -0.140. The summed E-state index contributed by atoms with van der Waals surface area (Å²) in [7, 11) is 5.46. The van der Waals surface area contributed by atoms with E-state index in [4.69, 9.17) is 0 Å². The molecule has 2 fully saturated rings. The number of amides is 4. The molecule has 12 nitrogen and oxygen atoms in total. The summed E-state index contributed by atoms with van der Waals surface area (Å²) in [6.45, 7) is 0.859. The average Bonchev–Trinajstić information content (AvgIpc) is 3.62. The number of anilines is 1. The highest BCUT2D eigenvalue weighted by Gasteiger charge is 2.45. The van der Waals surface area contributed by atoms with E-state index in [1.807, 2.05) is 86.7 Å². The molecular formula is C34H43N7O5. The molecule has 4 amide bonds. The normalized spacial score (nSPS) is 22.2. The first-order chi connectivity index (χ1) is 22.1. The van der Waals surface area contributed by atoms with Crippen molar-refractivity contribution in [3.8, 4) is 0 Å². The van der Waals surface area contributed by atoms with Gasteiger partial charge in [-0.2, -0.15) is 0 Å². The van der Waals surface area contributed by atoms with Crippen molar-refractivity contribution in [2.45, 2.75) is 56.0 Å². The van der Waals surface area contributed by atoms with Gasteiger partial charge < -0.3 is 30.9 Å². The van der Waals surface area contributed by atoms with Gasteiger partial charge in [0.1, 0.15) is 12.1 Å². The highest BCUT2D eigenvalue weighted by molar-refractivity contribution is 5.99. The van der Waals surface area contributed by atoms with Gasteiger partial charge in [-0.05, 0) is 64.5 Å². The number of aliphatic hydroxyl groups is 1. The standard InChI is InChI=1S/C34H43N7O5/c1-39(2)21-31(43)36-25-17-29(40(3)19-25)34(46)41-20-26(38-33(45)30(42)14-13-22-9-5-4-6-10-22)16-28(41)32(44)37-24-15-23-11-7-8-12-27(23)35-18-24/h4-12,15,18,25-26,28-30,42H,13-14,16-17,19-21H2,1-3H3,(H,36,43)(H,37,44)(H,38,45). The second-order valence-electron chi connectivity index (χ2n) is 12.6. The van der Waals surface area contributed by atoms with Gasteiger partial charge in [0, 0.05) is 30.6 Å². The minimum Gasteiger partial charge on any atom is -0.383 e. The molecule has 0 spiro atoms. The van der Waals surface area contributed by atoms with Crippen LogP contribution in [0.15, 0.2) is 66.9 Å². The second-order valence-corrected chi connectivity index (χ2v) is 12.6. The van der Waals surface area contributed by atoms with Crippen LogP contribution >= 0.6 is 0 Å². The van der Waals surface area contributed by atoms with Gasteiger partial charge in [0.25, 0.3) is 0 Å². The summed E-state index contributed by atoms with van der Waals surface area (Å²) in [5, 5.41) is 20.3. The van der Waals surface area contributed by atoms with Crippen LogP contribution in [-0.4, -0.2) is 119 Å². The minimum absolute atomic E-state index is 0.117. The maximum atomic E-state index is 14.0. The molecule has 2 aromatic carbocycles. The number of nitrogens with zero attached hydrogens (tertiary/aromatic N) is 4. The third-order valence-electron chi connectivity index (χ3n) is 8.60. The Labute approximate surface area is 269 Å². The fourth-order valence-electron chi connectivity index (χ4n) is 6.32. The van der Waals surface area contributed by atoms with E-state index in [0.29, 0.717) is 25.1 Å². The highest BCUT2D eigenvalue weighted by atomic mass is 16.3. The first kappa shape index (κ1) is 33.0. The Bertz CT molecular complexity index is 1550. The number of nitrogens with one attached hydrogen (secondary N) is 3. The summed E-state index contributed by atoms with van der Waals surface area (Å²) in [4.78, 5) is 62.8. The second kappa shape index (κ2) is 14.8. The number of likely N-dealkylation sites (N-methyl/N-ethyl adjacent to an activating group) is 2. The summed E-state index contributed by atoms with van der Waals surface area (Å²) in [5.74, 6) is -1.28. The lowest BCUT2D eigenvalue weighted by atomic mass is 10.1. The molecule has 5 rings (SSSR count). The molecule has 12 heteroatoms. The van der Waals surface area contributed by atoms with Crippen LogP contribution in [0.1, 0.15) is 24.8 Å². The molecule has 244 valence electrons. The van der Waals surface area contributed by atoms with Crippen molar-refractivity contribution in [2.75, 3.05) is 46.1 Å². The Balaban J connectivity index is 1.28. The summed E-state index contributed by atoms with van der Waals surface area (Å²) >= 11 is 0. The van der Waals surface area contributed by atoms with E-state index in [2.05, 4.69) is 20.9 Å². The largest absolute Gasteiger partial charge is 0.383 e. The number of carbonyl (C=O) groups is 4. The lowest BCUT2D eigenvalue weighted by Crippen LogP contribution is -2.50. The van der Waals surface area contributed by atoms with Crippen LogP contribution in [0.2, 0.25) is 0 Å². The van der Waals surface area contributed by atoms with Crippen LogP contribution in [0.4, 0.5) is 5.69 Å². The highest BCUT2D eigenvalue weighted by Crippen LogP contribution is 2.26. The van der Waals surface area contributed by atoms with Gasteiger partial charge in [-0.25, -0.2) is 0 Å². The quantitative estimate of drug-likeness (QED) is 0.246. The maximum Gasteiger partial charge on any atom is 0.249 e. The monoisotopic (exact) mass is 629 g/mol. The van der Waals surface area contributed by atoms with Gasteiger partial charge in [0.05, 0.1) is 30.0 Å². The molecule has 3 aromatic rings. The Hall–Kier alpha value is -4.39. The topological polar surface area (TPSA) is 147 Å². The molecule has 3 heterocycles. The number of aromatic nitrogens is 1. The van der Waals surface area contributed by atoms with Crippen LogP contribution in [0.5, 0.6) is 0 Å². The first-order valence-electron chi connectivity index (χ1n) is 15.7. The molecule has 5 unspecified atom stereocenters. The number of rotatable bonds is 11. The SMILES string of the molecule is CN(C)CC(=O)NC1CC(C(=O)N2CC(NC(=O)C(O)CCc3ccccc3)CC2C(=O)Nc2cnc3ccccc3c2)N(C)C1. The number of aliphatic hydroxyl groups excluding tert-OH is 1. The zero-order valence-corrected chi connectivity index (χ0v) is 26.6. The van der Waals surface area contributed by atoms with E-state index in [0.717, 1.165) is 16.5 Å². The fraction of sp³-hybridized carbons (Fsp3) is 0.441. The number of hydrogen-bond donors (Lipinski definition) is 4. The number of aryl methyl sites for hydroxylation is 1. The minimum atomic E-state index is -1.23. The Morgan fingerprint density at radius 2 is 1.65 bits per heavy atom. The van der Waals surface area contributed by atoms with Crippen molar-refractivity contribution < 1.29 is 24.3 Å². The molecule has 0 saturated carbocycles. The van der Waals surface area contributed by atoms with Gasteiger partial charge in [-0.1, -0.05) is 48.5 Å². The van der Waals surface area contributed by atoms with Gasteiger partial charge in [0.2, 0.25) is 23.6 Å². The predicted octanol–water partition coefficient (Wildman–Crippen LogP) is 1.00. The van der Waals surface area contributed by atoms with E-state index in [9.17, 15) is 24.3 Å². The zero-order chi connectivity index (χ0) is 32.8. The van der Waals surface area contributed by atoms with Crippen molar-refractivity contribution in [3.05, 3.63) is 72.4 Å². The van der Waals surface area contributed by atoms with Gasteiger partial charge in [-0.15, -0.1) is 0 Å². The zero-order valence-electron chi connectivity index (χ0n) is 26.6. The van der Waals surface area contributed by atoms with Crippen molar-refractivity contribution in [1.82, 2.24) is 30.3 Å².